The van der Waals surface area contributed by atoms with Crippen LogP contribution in [0.2, 0.25) is 0 Å². The van der Waals surface area contributed by atoms with Crippen molar-refractivity contribution in [2.75, 3.05) is 6.54 Å². The van der Waals surface area contributed by atoms with Gasteiger partial charge in [0.05, 0.1) is 18.4 Å². The number of hydrogen-bond donors (Lipinski definition) is 1. The fraction of sp³-hybridized carbons (Fsp3) is 0.346. The first-order valence-electron chi connectivity index (χ1n) is 11.0. The molecular formula is C26H28FNO6. The van der Waals surface area contributed by atoms with Crippen LogP contribution in [-0.2, 0) is 20.7 Å². The van der Waals surface area contributed by atoms with E-state index in [2.05, 4.69) is 0 Å². The monoisotopic (exact) mass is 469 g/mol. The molecular weight excluding hydrogens is 441 g/mol. The fourth-order valence-corrected chi connectivity index (χ4v) is 3.79. The Balaban J connectivity index is 1.84. The van der Waals surface area contributed by atoms with Gasteiger partial charge < -0.3 is 14.6 Å². The molecule has 0 saturated carbocycles. The van der Waals surface area contributed by atoms with E-state index < -0.39 is 29.5 Å². The Hall–Kier alpha value is -3.68. The minimum atomic E-state index is -1.14. The van der Waals surface area contributed by atoms with Crippen molar-refractivity contribution in [2.45, 2.75) is 51.7 Å². The molecule has 0 radical (unpaired) electrons. The van der Waals surface area contributed by atoms with Crippen molar-refractivity contribution >= 4 is 17.8 Å². The second-order valence-electron chi connectivity index (χ2n) is 9.03. The number of benzene rings is 2. The first-order valence-corrected chi connectivity index (χ1v) is 11.0. The SMILES string of the molecule is CC(C)(C)OC(=O)C=COc1ccccc1-c1cc(CC2C(=O)CCCN2C(=O)O)ccc1F. The number of Topliss-reactive ketones (excluding diaryl/α,β-unsaturated/α-hetero) is 1. The molecule has 34 heavy (non-hydrogen) atoms. The van der Waals surface area contributed by atoms with Crippen LogP contribution in [0.15, 0.2) is 54.8 Å². The van der Waals surface area contributed by atoms with E-state index in [-0.39, 0.29) is 17.8 Å². The first-order chi connectivity index (χ1) is 16.0. The normalized spacial score (nSPS) is 16.5. The zero-order chi connectivity index (χ0) is 24.9. The number of piperidine rings is 1. The number of rotatable bonds is 6. The Morgan fingerprint density at radius 2 is 1.91 bits per heavy atom. The second kappa shape index (κ2) is 10.5. The van der Waals surface area contributed by atoms with Gasteiger partial charge in [0.25, 0.3) is 0 Å². The van der Waals surface area contributed by atoms with Gasteiger partial charge in [0.15, 0.2) is 5.78 Å². The first kappa shape index (κ1) is 25.0. The number of likely N-dealkylation sites (tertiary alicyclic amines) is 1. The van der Waals surface area contributed by atoms with Gasteiger partial charge in [0.1, 0.15) is 17.2 Å². The Morgan fingerprint density at radius 1 is 1.18 bits per heavy atom. The molecule has 7 nitrogen and oxygen atoms in total. The standard InChI is InChI=1S/C26H28FNO6/c1-26(2,3)34-24(30)12-14-33-23-9-5-4-7-18(23)19-15-17(10-11-20(19)27)16-21-22(29)8-6-13-28(21)25(31)32/h4-5,7,9-12,14-15,21H,6,8,13,16H2,1-3H3,(H,31,32). The van der Waals surface area contributed by atoms with Gasteiger partial charge in [0, 0.05) is 30.5 Å². The highest BCUT2D eigenvalue weighted by Crippen LogP contribution is 2.33. The molecule has 1 aliphatic rings. The fourth-order valence-electron chi connectivity index (χ4n) is 3.79. The van der Waals surface area contributed by atoms with Gasteiger partial charge in [-0.25, -0.2) is 14.0 Å². The summed E-state index contributed by atoms with van der Waals surface area (Å²) in [5, 5.41) is 9.46. The van der Waals surface area contributed by atoms with Crippen molar-refractivity contribution in [3.8, 4) is 16.9 Å². The lowest BCUT2D eigenvalue weighted by atomic mass is 9.93. The maximum Gasteiger partial charge on any atom is 0.407 e. The number of carboxylic acid groups (broad SMARTS) is 1. The molecule has 1 fully saturated rings. The van der Waals surface area contributed by atoms with Crippen molar-refractivity contribution in [2.24, 2.45) is 0 Å². The van der Waals surface area contributed by atoms with Crippen LogP contribution in [0.3, 0.4) is 0 Å². The van der Waals surface area contributed by atoms with Crippen molar-refractivity contribution in [3.05, 3.63) is 66.2 Å². The summed E-state index contributed by atoms with van der Waals surface area (Å²) < 4.78 is 25.6. The Kier molecular flexibility index (Phi) is 7.71. The quantitative estimate of drug-likeness (QED) is 0.364. The molecule has 180 valence electrons. The van der Waals surface area contributed by atoms with E-state index in [0.29, 0.717) is 36.3 Å². The number of carbonyl (C=O) groups is 3. The number of esters is 1. The van der Waals surface area contributed by atoms with Crippen molar-refractivity contribution in [3.63, 3.8) is 0 Å². The number of carbonyl (C=O) groups excluding carboxylic acids is 2. The number of nitrogens with zero attached hydrogens (tertiary/aromatic N) is 1. The van der Waals surface area contributed by atoms with E-state index in [1.165, 1.54) is 12.3 Å². The predicted octanol–water partition coefficient (Wildman–Crippen LogP) is 4.98. The molecule has 0 aliphatic carbocycles. The zero-order valence-electron chi connectivity index (χ0n) is 19.4. The summed E-state index contributed by atoms with van der Waals surface area (Å²) in [5.41, 5.74) is 0.672. The predicted molar refractivity (Wildman–Crippen MR) is 124 cm³/mol. The van der Waals surface area contributed by atoms with Crippen molar-refractivity contribution < 1.29 is 33.4 Å². The van der Waals surface area contributed by atoms with Crippen LogP contribution < -0.4 is 4.74 Å². The number of hydrogen-bond acceptors (Lipinski definition) is 5. The highest BCUT2D eigenvalue weighted by Gasteiger charge is 2.33. The third-order valence-corrected chi connectivity index (χ3v) is 5.26. The second-order valence-corrected chi connectivity index (χ2v) is 9.03. The van der Waals surface area contributed by atoms with Gasteiger partial charge in [-0.1, -0.05) is 24.3 Å². The maximum atomic E-state index is 14.8. The topological polar surface area (TPSA) is 93.1 Å². The molecule has 1 aliphatic heterocycles. The smallest absolute Gasteiger partial charge is 0.407 e. The molecule has 1 atom stereocenters. The zero-order valence-corrected chi connectivity index (χ0v) is 19.4. The van der Waals surface area contributed by atoms with E-state index in [9.17, 15) is 23.9 Å². The molecule has 2 aromatic carbocycles. The average molecular weight is 470 g/mol. The summed E-state index contributed by atoms with van der Waals surface area (Å²) in [6.07, 6.45) is 2.15. The number of halogens is 1. The van der Waals surface area contributed by atoms with Crippen LogP contribution in [0, 0.1) is 5.82 Å². The van der Waals surface area contributed by atoms with Crippen LogP contribution in [0.5, 0.6) is 5.75 Å². The van der Waals surface area contributed by atoms with Gasteiger partial charge in [0.2, 0.25) is 0 Å². The molecule has 0 bridgehead atoms. The molecule has 2 aromatic rings. The summed E-state index contributed by atoms with van der Waals surface area (Å²) in [7, 11) is 0. The summed E-state index contributed by atoms with van der Waals surface area (Å²) in [5.74, 6) is -0.894. The van der Waals surface area contributed by atoms with Crippen LogP contribution >= 0.6 is 0 Å². The summed E-state index contributed by atoms with van der Waals surface area (Å²) in [6, 6.07) is 10.4. The van der Waals surface area contributed by atoms with Gasteiger partial charge in [-0.15, -0.1) is 0 Å². The highest BCUT2D eigenvalue weighted by molar-refractivity contribution is 5.88. The molecule has 1 heterocycles. The number of para-hydroxylation sites is 1. The Bertz CT molecular complexity index is 1100. The van der Waals surface area contributed by atoms with Gasteiger partial charge in [-0.3, -0.25) is 9.69 Å². The molecule has 1 amide bonds. The van der Waals surface area contributed by atoms with E-state index in [1.807, 2.05) is 0 Å². The summed E-state index contributed by atoms with van der Waals surface area (Å²) in [6.45, 7) is 5.55. The third kappa shape index (κ3) is 6.43. The van der Waals surface area contributed by atoms with Crippen molar-refractivity contribution in [1.82, 2.24) is 4.90 Å². The third-order valence-electron chi connectivity index (χ3n) is 5.26. The van der Waals surface area contributed by atoms with Crippen LogP contribution in [0.4, 0.5) is 9.18 Å². The molecule has 1 N–H and O–H groups in total. The lowest BCUT2D eigenvalue weighted by Crippen LogP contribution is -2.49. The molecule has 8 heteroatoms. The minimum absolute atomic E-state index is 0.143. The lowest BCUT2D eigenvalue weighted by Gasteiger charge is -2.32. The molecule has 3 rings (SSSR count). The Morgan fingerprint density at radius 3 is 2.62 bits per heavy atom. The van der Waals surface area contributed by atoms with Crippen LogP contribution in [-0.4, -0.2) is 46.0 Å². The molecule has 1 unspecified atom stereocenters. The highest BCUT2D eigenvalue weighted by atomic mass is 19.1. The Labute approximate surface area is 197 Å². The van der Waals surface area contributed by atoms with Crippen LogP contribution in [0.25, 0.3) is 11.1 Å². The van der Waals surface area contributed by atoms with Crippen LogP contribution in [0.1, 0.15) is 39.2 Å². The average Bonchev–Trinajstić information content (AvgIpc) is 2.75. The number of ketones is 1. The number of ether oxygens (including phenoxy) is 2. The van der Waals surface area contributed by atoms with E-state index >= 15 is 0 Å². The van der Waals surface area contributed by atoms with Gasteiger partial charge >= 0.3 is 12.1 Å². The maximum absolute atomic E-state index is 14.8. The van der Waals surface area contributed by atoms with Gasteiger partial charge in [-0.05, 0) is 51.0 Å². The van der Waals surface area contributed by atoms with Gasteiger partial charge in [-0.2, -0.15) is 0 Å². The largest absolute Gasteiger partial charge is 0.465 e. The van der Waals surface area contributed by atoms with Crippen molar-refractivity contribution in [1.29, 1.82) is 0 Å². The van der Waals surface area contributed by atoms with E-state index in [4.69, 9.17) is 9.47 Å². The summed E-state index contributed by atoms with van der Waals surface area (Å²) in [4.78, 5) is 37.0. The minimum Gasteiger partial charge on any atom is -0.465 e. The molecule has 1 saturated heterocycles. The van der Waals surface area contributed by atoms with E-state index in [0.717, 1.165) is 11.0 Å². The molecule has 0 aromatic heterocycles. The summed E-state index contributed by atoms with van der Waals surface area (Å²) >= 11 is 0. The lowest BCUT2D eigenvalue weighted by molar-refractivity contribution is -0.148. The van der Waals surface area contributed by atoms with E-state index in [1.54, 1.807) is 57.2 Å². The molecule has 0 spiro atoms. The number of amides is 1.